The molecule has 0 fully saturated rings. The zero-order chi connectivity index (χ0) is 13.1. The molecule has 2 rings (SSSR count). The number of aliphatic hydroxyl groups excluding tert-OH is 1. The Morgan fingerprint density at radius 3 is 2.83 bits per heavy atom. The predicted octanol–water partition coefficient (Wildman–Crippen LogP) is 1.72. The van der Waals surface area contributed by atoms with Crippen LogP contribution in [0.2, 0.25) is 0 Å². The van der Waals surface area contributed by atoms with Crippen LogP contribution in [0.4, 0.5) is 0 Å². The van der Waals surface area contributed by atoms with Crippen molar-refractivity contribution >= 4 is 27.5 Å². The van der Waals surface area contributed by atoms with Crippen LogP contribution >= 0.6 is 11.3 Å². The zero-order valence-electron chi connectivity index (χ0n) is 10.4. The second kappa shape index (κ2) is 5.46. The maximum atomic E-state index is 11.3. The van der Waals surface area contributed by atoms with Crippen LogP contribution in [0, 0.1) is 0 Å². The molecule has 1 aromatic heterocycles. The minimum Gasteiger partial charge on any atom is -0.384 e. The number of carbonyl (C=O) groups excluding carboxylic acids is 1. The Bertz CT molecular complexity index is 518. The molecule has 18 heavy (non-hydrogen) atoms. The maximum absolute atomic E-state index is 11.3. The molecular weight excluding hydrogens is 248 g/mol. The number of hydrogen-bond acceptors (Lipinski definition) is 4. The topological polar surface area (TPSA) is 62.2 Å². The van der Waals surface area contributed by atoms with Gasteiger partial charge in [0.05, 0.1) is 15.2 Å². The number of nitrogens with zero attached hydrogens (tertiary/aromatic N) is 1. The minimum atomic E-state index is -0.970. The summed E-state index contributed by atoms with van der Waals surface area (Å²) in [6, 6.07) is 7.94. The van der Waals surface area contributed by atoms with Crippen molar-refractivity contribution in [2.24, 2.45) is 0 Å². The van der Waals surface area contributed by atoms with E-state index < -0.39 is 6.10 Å². The predicted molar refractivity (Wildman–Crippen MR) is 72.6 cm³/mol. The fourth-order valence-corrected chi connectivity index (χ4v) is 2.78. The fourth-order valence-electron chi connectivity index (χ4n) is 1.68. The van der Waals surface area contributed by atoms with E-state index in [1.54, 1.807) is 11.3 Å². The van der Waals surface area contributed by atoms with Gasteiger partial charge in [0, 0.05) is 12.5 Å². The van der Waals surface area contributed by atoms with Crippen molar-refractivity contribution in [3.05, 3.63) is 29.3 Å². The molecule has 0 radical (unpaired) electrons. The van der Waals surface area contributed by atoms with Crippen LogP contribution in [-0.2, 0) is 11.2 Å². The van der Waals surface area contributed by atoms with Crippen LogP contribution in [0.15, 0.2) is 24.3 Å². The number of thiazole rings is 1. The van der Waals surface area contributed by atoms with Gasteiger partial charge in [-0.25, -0.2) is 4.98 Å². The quantitative estimate of drug-likeness (QED) is 0.884. The van der Waals surface area contributed by atoms with Gasteiger partial charge in [0.2, 0.25) is 5.91 Å². The second-order valence-corrected chi connectivity index (χ2v) is 5.48. The van der Waals surface area contributed by atoms with Crippen LogP contribution in [0.1, 0.15) is 18.9 Å². The number of amides is 1. The number of carbonyl (C=O) groups is 1. The van der Waals surface area contributed by atoms with Crippen LogP contribution in [-0.4, -0.2) is 28.1 Å². The van der Waals surface area contributed by atoms with Crippen LogP contribution < -0.4 is 5.32 Å². The molecule has 2 atom stereocenters. The first-order valence-electron chi connectivity index (χ1n) is 5.89. The largest absolute Gasteiger partial charge is 0.384 e. The summed E-state index contributed by atoms with van der Waals surface area (Å²) in [5.41, 5.74) is 0.992. The average Bonchev–Trinajstić information content (AvgIpc) is 2.70. The molecule has 0 saturated carbocycles. The summed E-state index contributed by atoms with van der Waals surface area (Å²) in [5, 5.41) is 12.9. The van der Waals surface area contributed by atoms with Gasteiger partial charge < -0.3 is 10.4 Å². The highest BCUT2D eigenvalue weighted by molar-refractivity contribution is 7.18. The van der Waals surface area contributed by atoms with Crippen molar-refractivity contribution in [2.75, 3.05) is 0 Å². The number of fused-ring (bicyclic) bond motifs is 1. The Hall–Kier alpha value is -1.46. The number of para-hydroxylation sites is 1. The van der Waals surface area contributed by atoms with E-state index in [1.807, 2.05) is 31.2 Å². The third-order valence-electron chi connectivity index (χ3n) is 2.59. The summed E-state index contributed by atoms with van der Waals surface area (Å²) in [6.45, 7) is 3.37. The van der Waals surface area contributed by atoms with Gasteiger partial charge in [0.15, 0.2) is 0 Å². The molecule has 0 spiro atoms. The first-order valence-corrected chi connectivity index (χ1v) is 6.71. The second-order valence-electron chi connectivity index (χ2n) is 4.37. The van der Waals surface area contributed by atoms with Gasteiger partial charge in [-0.05, 0) is 26.0 Å². The Balaban J connectivity index is 2.02. The number of nitrogens with one attached hydrogen (secondary N) is 1. The summed E-state index contributed by atoms with van der Waals surface area (Å²) in [7, 11) is 0. The normalized spacial score (nSPS) is 14.4. The molecule has 0 saturated heterocycles. The van der Waals surface area contributed by atoms with E-state index in [-0.39, 0.29) is 11.9 Å². The van der Waals surface area contributed by atoms with Gasteiger partial charge in [-0.2, -0.15) is 0 Å². The van der Waals surface area contributed by atoms with E-state index in [0.717, 1.165) is 15.2 Å². The van der Waals surface area contributed by atoms with Crippen molar-refractivity contribution in [3.8, 4) is 0 Å². The van der Waals surface area contributed by atoms with Crippen molar-refractivity contribution in [1.82, 2.24) is 10.3 Å². The third kappa shape index (κ3) is 3.05. The van der Waals surface area contributed by atoms with Crippen molar-refractivity contribution in [3.63, 3.8) is 0 Å². The highest BCUT2D eigenvalue weighted by atomic mass is 32.1. The average molecular weight is 264 g/mol. The zero-order valence-corrected chi connectivity index (χ0v) is 11.2. The maximum Gasteiger partial charge on any atom is 0.248 e. The molecule has 96 valence electrons. The van der Waals surface area contributed by atoms with Crippen LogP contribution in [0.3, 0.4) is 0 Å². The molecule has 1 amide bonds. The molecular formula is C13H16N2O2S. The van der Waals surface area contributed by atoms with Crippen molar-refractivity contribution < 1.29 is 9.90 Å². The van der Waals surface area contributed by atoms with Gasteiger partial charge in [0.25, 0.3) is 0 Å². The lowest BCUT2D eigenvalue weighted by Crippen LogP contribution is -2.39. The van der Waals surface area contributed by atoms with E-state index in [0.29, 0.717) is 6.42 Å². The Morgan fingerprint density at radius 1 is 1.44 bits per heavy atom. The Morgan fingerprint density at radius 2 is 2.17 bits per heavy atom. The molecule has 1 heterocycles. The van der Waals surface area contributed by atoms with Gasteiger partial charge in [-0.3, -0.25) is 4.79 Å². The van der Waals surface area contributed by atoms with E-state index in [4.69, 9.17) is 5.11 Å². The molecule has 2 aromatic rings. The molecule has 5 heteroatoms. The van der Waals surface area contributed by atoms with E-state index >= 15 is 0 Å². The monoisotopic (exact) mass is 264 g/mol. The SMILES string of the molecule is CC(Cc1nc2ccccc2s1)NC(=O)C(C)O. The summed E-state index contributed by atoms with van der Waals surface area (Å²) in [4.78, 5) is 15.8. The first kappa shape index (κ1) is 13.0. The highest BCUT2D eigenvalue weighted by Crippen LogP contribution is 2.22. The lowest BCUT2D eigenvalue weighted by molar-refractivity contribution is -0.129. The molecule has 0 bridgehead atoms. The van der Waals surface area contributed by atoms with E-state index in [1.165, 1.54) is 6.92 Å². The molecule has 1 aromatic carbocycles. The van der Waals surface area contributed by atoms with Gasteiger partial charge in [-0.1, -0.05) is 12.1 Å². The summed E-state index contributed by atoms with van der Waals surface area (Å²) < 4.78 is 1.15. The molecule has 2 N–H and O–H groups in total. The lowest BCUT2D eigenvalue weighted by Gasteiger charge is -2.13. The summed E-state index contributed by atoms with van der Waals surface area (Å²) in [6.07, 6.45) is -0.291. The standard InChI is InChI=1S/C13H16N2O2S/c1-8(14-13(17)9(2)16)7-12-15-10-5-3-4-6-11(10)18-12/h3-6,8-9,16H,7H2,1-2H3,(H,14,17). The number of rotatable bonds is 4. The number of benzene rings is 1. The minimum absolute atomic E-state index is 0.0346. The summed E-state index contributed by atoms with van der Waals surface area (Å²) >= 11 is 1.64. The number of aromatic nitrogens is 1. The molecule has 0 aliphatic rings. The van der Waals surface area contributed by atoms with Crippen molar-refractivity contribution in [1.29, 1.82) is 0 Å². The van der Waals surface area contributed by atoms with Gasteiger partial charge in [0.1, 0.15) is 6.10 Å². The number of hydrogen-bond donors (Lipinski definition) is 2. The van der Waals surface area contributed by atoms with E-state index in [2.05, 4.69) is 10.3 Å². The third-order valence-corrected chi connectivity index (χ3v) is 3.65. The number of aliphatic hydroxyl groups is 1. The summed E-state index contributed by atoms with van der Waals surface area (Å²) in [5.74, 6) is -0.344. The van der Waals surface area contributed by atoms with Gasteiger partial charge >= 0.3 is 0 Å². The lowest BCUT2D eigenvalue weighted by atomic mass is 10.2. The molecule has 2 unspecified atom stereocenters. The van der Waals surface area contributed by atoms with Crippen LogP contribution in [0.5, 0.6) is 0 Å². The van der Waals surface area contributed by atoms with Crippen molar-refractivity contribution in [2.45, 2.75) is 32.4 Å². The van der Waals surface area contributed by atoms with Gasteiger partial charge in [-0.15, -0.1) is 11.3 Å². The fraction of sp³-hybridized carbons (Fsp3) is 0.385. The smallest absolute Gasteiger partial charge is 0.248 e. The highest BCUT2D eigenvalue weighted by Gasteiger charge is 2.14. The molecule has 4 nitrogen and oxygen atoms in total. The Labute approximate surface area is 110 Å². The Kier molecular flexibility index (Phi) is 3.93. The molecule has 0 aliphatic heterocycles. The van der Waals surface area contributed by atoms with E-state index in [9.17, 15) is 4.79 Å². The molecule has 0 aliphatic carbocycles. The van der Waals surface area contributed by atoms with Crippen LogP contribution in [0.25, 0.3) is 10.2 Å². The first-order chi connectivity index (χ1) is 8.56.